The SMILES string of the molecule is CC1CNCCN(C(C)CCc2ccccc2)C1. The maximum absolute atomic E-state index is 3.51. The van der Waals surface area contributed by atoms with Crippen molar-refractivity contribution >= 4 is 0 Å². The van der Waals surface area contributed by atoms with Crippen LogP contribution in [0.1, 0.15) is 25.8 Å². The molecule has 0 amide bonds. The van der Waals surface area contributed by atoms with Gasteiger partial charge in [0.1, 0.15) is 0 Å². The fourth-order valence-corrected chi connectivity index (χ4v) is 2.73. The van der Waals surface area contributed by atoms with E-state index in [1.807, 2.05) is 0 Å². The number of aryl methyl sites for hydroxylation is 1. The Bertz CT molecular complexity index is 336. The van der Waals surface area contributed by atoms with Crippen LogP contribution in [0.3, 0.4) is 0 Å². The summed E-state index contributed by atoms with van der Waals surface area (Å²) in [7, 11) is 0. The van der Waals surface area contributed by atoms with Crippen LogP contribution in [-0.2, 0) is 6.42 Å². The lowest BCUT2D eigenvalue weighted by molar-refractivity contribution is 0.194. The van der Waals surface area contributed by atoms with E-state index in [-0.39, 0.29) is 0 Å². The van der Waals surface area contributed by atoms with Gasteiger partial charge in [-0.25, -0.2) is 0 Å². The van der Waals surface area contributed by atoms with E-state index >= 15 is 0 Å². The van der Waals surface area contributed by atoms with Gasteiger partial charge in [-0.2, -0.15) is 0 Å². The summed E-state index contributed by atoms with van der Waals surface area (Å²) in [5, 5.41) is 3.51. The number of rotatable bonds is 4. The number of nitrogens with one attached hydrogen (secondary N) is 1. The minimum absolute atomic E-state index is 0.688. The molecule has 0 saturated carbocycles. The first-order valence-corrected chi connectivity index (χ1v) is 7.24. The van der Waals surface area contributed by atoms with Gasteiger partial charge < -0.3 is 5.32 Å². The summed E-state index contributed by atoms with van der Waals surface area (Å²) in [5.41, 5.74) is 1.46. The van der Waals surface area contributed by atoms with Crippen molar-refractivity contribution in [3.8, 4) is 0 Å². The Morgan fingerprint density at radius 1 is 1.33 bits per heavy atom. The van der Waals surface area contributed by atoms with Crippen molar-refractivity contribution in [1.29, 1.82) is 0 Å². The van der Waals surface area contributed by atoms with E-state index in [4.69, 9.17) is 0 Å². The van der Waals surface area contributed by atoms with Crippen molar-refractivity contribution < 1.29 is 0 Å². The predicted octanol–water partition coefficient (Wildman–Crippen LogP) is 2.55. The minimum atomic E-state index is 0.688. The molecule has 2 rings (SSSR count). The Morgan fingerprint density at radius 3 is 2.89 bits per heavy atom. The molecular formula is C16H26N2. The highest BCUT2D eigenvalue weighted by Crippen LogP contribution is 2.12. The third-order valence-corrected chi connectivity index (χ3v) is 3.93. The molecule has 1 saturated heterocycles. The van der Waals surface area contributed by atoms with Crippen LogP contribution in [0.5, 0.6) is 0 Å². The summed E-state index contributed by atoms with van der Waals surface area (Å²) in [5.74, 6) is 0.770. The second kappa shape index (κ2) is 6.91. The quantitative estimate of drug-likeness (QED) is 0.878. The molecule has 100 valence electrons. The van der Waals surface area contributed by atoms with E-state index in [2.05, 4.69) is 54.4 Å². The van der Waals surface area contributed by atoms with Gasteiger partial charge in [0, 0.05) is 25.7 Å². The van der Waals surface area contributed by atoms with Gasteiger partial charge in [-0.15, -0.1) is 0 Å². The monoisotopic (exact) mass is 246 g/mol. The van der Waals surface area contributed by atoms with Crippen LogP contribution >= 0.6 is 0 Å². The van der Waals surface area contributed by atoms with Gasteiger partial charge in [-0.05, 0) is 37.8 Å². The normalized spacial score (nSPS) is 23.6. The Hall–Kier alpha value is -0.860. The molecule has 2 unspecified atom stereocenters. The standard InChI is InChI=1S/C16H26N2/c1-14-12-17-10-11-18(13-14)15(2)8-9-16-6-4-3-5-7-16/h3-7,14-15,17H,8-13H2,1-2H3. The molecule has 2 atom stereocenters. The zero-order valence-corrected chi connectivity index (χ0v) is 11.7. The molecular weight excluding hydrogens is 220 g/mol. The molecule has 1 heterocycles. The van der Waals surface area contributed by atoms with Crippen molar-refractivity contribution in [3.63, 3.8) is 0 Å². The largest absolute Gasteiger partial charge is 0.315 e. The highest BCUT2D eigenvalue weighted by molar-refractivity contribution is 5.14. The molecule has 2 nitrogen and oxygen atoms in total. The number of benzene rings is 1. The molecule has 0 aromatic heterocycles. The Morgan fingerprint density at radius 2 is 2.11 bits per heavy atom. The average Bonchev–Trinajstić information content (AvgIpc) is 2.62. The van der Waals surface area contributed by atoms with E-state index in [9.17, 15) is 0 Å². The molecule has 0 aliphatic carbocycles. The predicted molar refractivity (Wildman–Crippen MR) is 77.8 cm³/mol. The van der Waals surface area contributed by atoms with Gasteiger partial charge in [-0.3, -0.25) is 4.90 Å². The van der Waals surface area contributed by atoms with Gasteiger partial charge >= 0.3 is 0 Å². The fourth-order valence-electron chi connectivity index (χ4n) is 2.73. The van der Waals surface area contributed by atoms with E-state index in [1.54, 1.807) is 0 Å². The van der Waals surface area contributed by atoms with Crippen LogP contribution in [0, 0.1) is 5.92 Å². The van der Waals surface area contributed by atoms with Crippen molar-refractivity contribution in [1.82, 2.24) is 10.2 Å². The zero-order valence-electron chi connectivity index (χ0n) is 11.7. The van der Waals surface area contributed by atoms with Crippen LogP contribution in [0.4, 0.5) is 0 Å². The lowest BCUT2D eigenvalue weighted by atomic mass is 10.0. The summed E-state index contributed by atoms with van der Waals surface area (Å²) in [6.45, 7) is 9.46. The summed E-state index contributed by atoms with van der Waals surface area (Å²) in [6, 6.07) is 11.5. The first-order chi connectivity index (χ1) is 8.75. The molecule has 1 aromatic rings. The molecule has 1 fully saturated rings. The second-order valence-corrected chi connectivity index (χ2v) is 5.68. The average molecular weight is 246 g/mol. The highest BCUT2D eigenvalue weighted by Gasteiger charge is 2.18. The molecule has 1 aliphatic rings. The van der Waals surface area contributed by atoms with Gasteiger partial charge in [0.05, 0.1) is 0 Å². The van der Waals surface area contributed by atoms with Crippen LogP contribution in [0.25, 0.3) is 0 Å². The second-order valence-electron chi connectivity index (χ2n) is 5.68. The molecule has 0 spiro atoms. The molecule has 1 N–H and O–H groups in total. The van der Waals surface area contributed by atoms with E-state index < -0.39 is 0 Å². The highest BCUT2D eigenvalue weighted by atomic mass is 15.2. The Kier molecular flexibility index (Phi) is 5.21. The zero-order chi connectivity index (χ0) is 12.8. The van der Waals surface area contributed by atoms with Crippen LogP contribution < -0.4 is 5.32 Å². The lowest BCUT2D eigenvalue weighted by Gasteiger charge is -2.29. The molecule has 1 aliphatic heterocycles. The Balaban J connectivity index is 1.81. The van der Waals surface area contributed by atoms with Crippen LogP contribution in [0.2, 0.25) is 0 Å². The van der Waals surface area contributed by atoms with E-state index in [0.717, 1.165) is 12.5 Å². The third-order valence-electron chi connectivity index (χ3n) is 3.93. The van der Waals surface area contributed by atoms with Crippen molar-refractivity contribution in [3.05, 3.63) is 35.9 Å². The van der Waals surface area contributed by atoms with Gasteiger partial charge in [0.25, 0.3) is 0 Å². The molecule has 0 bridgehead atoms. The van der Waals surface area contributed by atoms with E-state index in [0.29, 0.717) is 6.04 Å². The van der Waals surface area contributed by atoms with Crippen molar-refractivity contribution in [2.24, 2.45) is 5.92 Å². The van der Waals surface area contributed by atoms with Crippen LogP contribution in [0.15, 0.2) is 30.3 Å². The molecule has 0 radical (unpaired) electrons. The minimum Gasteiger partial charge on any atom is -0.315 e. The summed E-state index contributed by atoms with van der Waals surface area (Å²) < 4.78 is 0. The maximum Gasteiger partial charge on any atom is 0.0110 e. The van der Waals surface area contributed by atoms with E-state index in [1.165, 1.54) is 38.0 Å². The number of hydrogen-bond acceptors (Lipinski definition) is 2. The fraction of sp³-hybridized carbons (Fsp3) is 0.625. The molecule has 18 heavy (non-hydrogen) atoms. The lowest BCUT2D eigenvalue weighted by Crippen LogP contribution is -2.37. The molecule has 1 aromatic carbocycles. The molecule has 2 heteroatoms. The summed E-state index contributed by atoms with van der Waals surface area (Å²) >= 11 is 0. The van der Waals surface area contributed by atoms with Crippen LogP contribution in [-0.4, -0.2) is 37.1 Å². The maximum atomic E-state index is 3.51. The van der Waals surface area contributed by atoms with Crippen molar-refractivity contribution in [2.45, 2.75) is 32.7 Å². The summed E-state index contributed by atoms with van der Waals surface area (Å²) in [4.78, 5) is 2.65. The smallest absolute Gasteiger partial charge is 0.0110 e. The first-order valence-electron chi connectivity index (χ1n) is 7.24. The topological polar surface area (TPSA) is 15.3 Å². The van der Waals surface area contributed by atoms with Crippen molar-refractivity contribution in [2.75, 3.05) is 26.2 Å². The number of nitrogens with zero attached hydrogens (tertiary/aromatic N) is 1. The van der Waals surface area contributed by atoms with Gasteiger partial charge in [0.15, 0.2) is 0 Å². The van der Waals surface area contributed by atoms with Gasteiger partial charge in [0.2, 0.25) is 0 Å². The third kappa shape index (κ3) is 4.11. The first kappa shape index (κ1) is 13.6. The number of hydrogen-bond donors (Lipinski definition) is 1. The van der Waals surface area contributed by atoms with Gasteiger partial charge in [-0.1, -0.05) is 37.3 Å². The summed E-state index contributed by atoms with van der Waals surface area (Å²) in [6.07, 6.45) is 2.46. The Labute approximate surface area is 111 Å².